The SMILES string of the molecule is CCc1nn2c(=O)cc(CNc3ccc(F)cc3Cl)nc2s1. The van der Waals surface area contributed by atoms with E-state index >= 15 is 0 Å². The molecule has 5 nitrogen and oxygen atoms in total. The van der Waals surface area contributed by atoms with Gasteiger partial charge in [0.25, 0.3) is 5.56 Å². The summed E-state index contributed by atoms with van der Waals surface area (Å²) < 4.78 is 14.3. The molecule has 0 bridgehead atoms. The number of nitrogens with one attached hydrogen (secondary N) is 1. The van der Waals surface area contributed by atoms with Crippen LogP contribution in [0.5, 0.6) is 0 Å². The number of hydrogen-bond acceptors (Lipinski definition) is 5. The highest BCUT2D eigenvalue weighted by Crippen LogP contribution is 2.22. The standard InChI is InChI=1S/C14H12ClFN4OS/c1-2-12-19-20-13(21)6-9(18-14(20)22-12)7-17-11-4-3-8(16)5-10(11)15/h3-6,17H,2,7H2,1H3. The van der Waals surface area contributed by atoms with E-state index in [0.29, 0.717) is 22.9 Å². The third-order valence-corrected chi connectivity index (χ3v) is 4.40. The van der Waals surface area contributed by atoms with E-state index in [2.05, 4.69) is 15.4 Å². The van der Waals surface area contributed by atoms with Gasteiger partial charge in [-0.15, -0.1) is 0 Å². The van der Waals surface area contributed by atoms with Crippen LogP contribution in [0.4, 0.5) is 10.1 Å². The summed E-state index contributed by atoms with van der Waals surface area (Å²) in [6.07, 6.45) is 0.756. The molecule has 0 aliphatic heterocycles. The van der Waals surface area contributed by atoms with Crippen molar-refractivity contribution in [1.29, 1.82) is 0 Å². The molecule has 0 saturated carbocycles. The molecule has 3 aromatic rings. The Labute approximate surface area is 134 Å². The van der Waals surface area contributed by atoms with Crippen molar-refractivity contribution in [2.24, 2.45) is 0 Å². The van der Waals surface area contributed by atoms with Crippen molar-refractivity contribution in [2.75, 3.05) is 5.32 Å². The Kier molecular flexibility index (Phi) is 4.08. The lowest BCUT2D eigenvalue weighted by atomic mass is 10.3. The first-order valence-electron chi connectivity index (χ1n) is 6.64. The summed E-state index contributed by atoms with van der Waals surface area (Å²) in [4.78, 5) is 17.0. The monoisotopic (exact) mass is 338 g/mol. The van der Waals surface area contributed by atoms with Gasteiger partial charge in [0.2, 0.25) is 4.96 Å². The number of aromatic nitrogens is 3. The van der Waals surface area contributed by atoms with Gasteiger partial charge in [-0.1, -0.05) is 29.9 Å². The fourth-order valence-corrected chi connectivity index (χ4v) is 3.04. The zero-order chi connectivity index (χ0) is 15.7. The Balaban J connectivity index is 1.86. The minimum Gasteiger partial charge on any atom is -0.378 e. The Bertz CT molecular complexity index is 892. The van der Waals surface area contributed by atoms with Crippen molar-refractivity contribution in [1.82, 2.24) is 14.6 Å². The first kappa shape index (κ1) is 14.9. The number of fused-ring (bicyclic) bond motifs is 1. The molecule has 2 heterocycles. The van der Waals surface area contributed by atoms with E-state index < -0.39 is 5.82 Å². The maximum Gasteiger partial charge on any atom is 0.275 e. The van der Waals surface area contributed by atoms with Crippen molar-refractivity contribution in [3.8, 4) is 0 Å². The lowest BCUT2D eigenvalue weighted by Gasteiger charge is -2.07. The van der Waals surface area contributed by atoms with Gasteiger partial charge in [0.15, 0.2) is 0 Å². The summed E-state index contributed by atoms with van der Waals surface area (Å²) >= 11 is 7.34. The molecule has 2 aromatic heterocycles. The highest BCUT2D eigenvalue weighted by Gasteiger charge is 2.08. The fraction of sp³-hybridized carbons (Fsp3) is 0.214. The Hall–Kier alpha value is -1.99. The average Bonchev–Trinajstić information content (AvgIpc) is 2.90. The van der Waals surface area contributed by atoms with Crippen molar-refractivity contribution < 1.29 is 4.39 Å². The molecule has 0 spiro atoms. The quantitative estimate of drug-likeness (QED) is 0.794. The first-order chi connectivity index (χ1) is 10.6. The number of nitrogens with zero attached hydrogens (tertiary/aromatic N) is 3. The van der Waals surface area contributed by atoms with Crippen LogP contribution in [0.25, 0.3) is 4.96 Å². The molecule has 3 rings (SSSR count). The van der Waals surface area contributed by atoms with Gasteiger partial charge < -0.3 is 5.32 Å². The van der Waals surface area contributed by atoms with Gasteiger partial charge in [-0.05, 0) is 24.6 Å². The second-order valence-electron chi connectivity index (χ2n) is 4.61. The summed E-state index contributed by atoms with van der Waals surface area (Å²) in [6, 6.07) is 5.52. The van der Waals surface area contributed by atoms with Crippen LogP contribution >= 0.6 is 22.9 Å². The van der Waals surface area contributed by atoms with E-state index in [1.165, 1.54) is 34.1 Å². The van der Waals surface area contributed by atoms with E-state index in [-0.39, 0.29) is 10.6 Å². The minimum atomic E-state index is -0.398. The average molecular weight is 339 g/mol. The zero-order valence-electron chi connectivity index (χ0n) is 11.6. The molecular formula is C14H12ClFN4OS. The molecule has 1 aromatic carbocycles. The predicted octanol–water partition coefficient (Wildman–Crippen LogP) is 3.12. The van der Waals surface area contributed by atoms with Crippen LogP contribution in [-0.4, -0.2) is 14.6 Å². The molecule has 8 heteroatoms. The fourth-order valence-electron chi connectivity index (χ4n) is 1.95. The Morgan fingerprint density at radius 2 is 2.23 bits per heavy atom. The molecule has 22 heavy (non-hydrogen) atoms. The van der Waals surface area contributed by atoms with Crippen molar-refractivity contribution in [2.45, 2.75) is 19.9 Å². The third-order valence-electron chi connectivity index (χ3n) is 3.03. The number of rotatable bonds is 4. The van der Waals surface area contributed by atoms with Crippen LogP contribution in [0.1, 0.15) is 17.6 Å². The maximum absolute atomic E-state index is 13.0. The molecule has 0 atom stereocenters. The van der Waals surface area contributed by atoms with Gasteiger partial charge in [0.1, 0.15) is 10.8 Å². The highest BCUT2D eigenvalue weighted by atomic mass is 35.5. The lowest BCUT2D eigenvalue weighted by Crippen LogP contribution is -2.16. The highest BCUT2D eigenvalue weighted by molar-refractivity contribution is 7.16. The van der Waals surface area contributed by atoms with Gasteiger partial charge >= 0.3 is 0 Å². The second kappa shape index (κ2) is 6.02. The third kappa shape index (κ3) is 2.95. The molecule has 0 unspecified atom stereocenters. The molecule has 0 aliphatic carbocycles. The molecule has 0 radical (unpaired) electrons. The molecule has 0 fully saturated rings. The van der Waals surface area contributed by atoms with Crippen molar-refractivity contribution in [3.05, 3.63) is 56.2 Å². The predicted molar refractivity (Wildman–Crippen MR) is 85.2 cm³/mol. The van der Waals surface area contributed by atoms with Gasteiger partial charge in [-0.2, -0.15) is 9.61 Å². The second-order valence-corrected chi connectivity index (χ2v) is 6.05. The van der Waals surface area contributed by atoms with Gasteiger partial charge in [0.05, 0.1) is 22.9 Å². The van der Waals surface area contributed by atoms with Gasteiger partial charge in [0, 0.05) is 6.07 Å². The van der Waals surface area contributed by atoms with Crippen LogP contribution in [0, 0.1) is 5.82 Å². The number of anilines is 1. The lowest BCUT2D eigenvalue weighted by molar-refractivity contribution is 0.628. The summed E-state index contributed by atoms with van der Waals surface area (Å²) in [7, 11) is 0. The van der Waals surface area contributed by atoms with E-state index in [0.717, 1.165) is 11.4 Å². The van der Waals surface area contributed by atoms with Crippen LogP contribution in [0.15, 0.2) is 29.1 Å². The molecule has 114 valence electrons. The maximum atomic E-state index is 13.0. The van der Waals surface area contributed by atoms with E-state index in [1.807, 2.05) is 6.92 Å². The summed E-state index contributed by atoms with van der Waals surface area (Å²) in [5.41, 5.74) is 0.947. The van der Waals surface area contributed by atoms with E-state index in [9.17, 15) is 9.18 Å². The Morgan fingerprint density at radius 1 is 1.41 bits per heavy atom. The molecular weight excluding hydrogens is 327 g/mol. The number of hydrogen-bond donors (Lipinski definition) is 1. The van der Waals surface area contributed by atoms with E-state index in [4.69, 9.17) is 11.6 Å². The van der Waals surface area contributed by atoms with Crippen molar-refractivity contribution in [3.63, 3.8) is 0 Å². The summed E-state index contributed by atoms with van der Waals surface area (Å²) in [5, 5.41) is 8.37. The topological polar surface area (TPSA) is 59.3 Å². The van der Waals surface area contributed by atoms with E-state index in [1.54, 1.807) is 6.07 Å². The van der Waals surface area contributed by atoms with Crippen LogP contribution in [-0.2, 0) is 13.0 Å². The Morgan fingerprint density at radius 3 is 2.95 bits per heavy atom. The van der Waals surface area contributed by atoms with Crippen LogP contribution in [0.3, 0.4) is 0 Å². The summed E-state index contributed by atoms with van der Waals surface area (Å²) in [6.45, 7) is 2.29. The van der Waals surface area contributed by atoms with Gasteiger partial charge in [-0.25, -0.2) is 9.37 Å². The van der Waals surface area contributed by atoms with Crippen LogP contribution < -0.4 is 10.9 Å². The number of halogens is 2. The molecule has 1 N–H and O–H groups in total. The first-order valence-corrected chi connectivity index (χ1v) is 7.84. The normalized spacial score (nSPS) is 11.0. The van der Waals surface area contributed by atoms with Crippen LogP contribution in [0.2, 0.25) is 5.02 Å². The van der Waals surface area contributed by atoms with Gasteiger partial charge in [-0.3, -0.25) is 4.79 Å². The minimum absolute atomic E-state index is 0.219. The largest absolute Gasteiger partial charge is 0.378 e. The number of aryl methyl sites for hydroxylation is 1. The molecule has 0 saturated heterocycles. The molecule has 0 amide bonds. The van der Waals surface area contributed by atoms with Crippen molar-refractivity contribution >= 4 is 33.6 Å². The smallest absolute Gasteiger partial charge is 0.275 e. The number of benzene rings is 1. The zero-order valence-corrected chi connectivity index (χ0v) is 13.2. The summed E-state index contributed by atoms with van der Waals surface area (Å²) in [5.74, 6) is -0.398. The molecule has 0 aliphatic rings.